The van der Waals surface area contributed by atoms with Crippen LogP contribution in [0.2, 0.25) is 0 Å². The Bertz CT molecular complexity index is 1310. The molecule has 0 atom stereocenters. The van der Waals surface area contributed by atoms with Gasteiger partial charge < -0.3 is 23.8 Å². The molecule has 34 heavy (non-hydrogen) atoms. The number of piperazine rings is 1. The molecule has 0 spiro atoms. The number of halogens is 2. The van der Waals surface area contributed by atoms with Crippen LogP contribution in [0.25, 0.3) is 10.9 Å². The van der Waals surface area contributed by atoms with Gasteiger partial charge in [-0.3, -0.25) is 9.59 Å². The molecule has 0 radical (unpaired) electrons. The number of carbonyl (C=O) groups is 1. The van der Waals surface area contributed by atoms with Gasteiger partial charge in [-0.2, -0.15) is 4.39 Å². The molecule has 7 nitrogen and oxygen atoms in total. The zero-order valence-corrected chi connectivity index (χ0v) is 19.0. The number of anilines is 1. The van der Waals surface area contributed by atoms with Crippen molar-refractivity contribution < 1.29 is 23.0 Å². The fourth-order valence-corrected chi connectivity index (χ4v) is 4.54. The predicted octanol–water partition coefficient (Wildman–Crippen LogP) is 3.59. The number of hydrogen-bond acceptors (Lipinski definition) is 5. The molecule has 1 saturated carbocycles. The van der Waals surface area contributed by atoms with Gasteiger partial charge in [0.25, 0.3) is 5.91 Å². The minimum Gasteiger partial charge on any atom is -0.497 e. The molecule has 2 aliphatic rings. The van der Waals surface area contributed by atoms with Gasteiger partial charge in [0.1, 0.15) is 11.3 Å². The first-order chi connectivity index (χ1) is 16.4. The zero-order valence-electron chi connectivity index (χ0n) is 19.0. The molecular formula is C25H25F2N3O4. The number of carbonyl (C=O) groups excluding carboxylic acids is 1. The van der Waals surface area contributed by atoms with Crippen LogP contribution in [0, 0.1) is 11.6 Å². The van der Waals surface area contributed by atoms with Crippen LogP contribution >= 0.6 is 0 Å². The number of hydrogen-bond donors (Lipinski definition) is 0. The van der Waals surface area contributed by atoms with Crippen LogP contribution in [0.5, 0.6) is 11.5 Å². The number of benzene rings is 2. The Kier molecular flexibility index (Phi) is 5.63. The lowest BCUT2D eigenvalue weighted by Crippen LogP contribution is -2.49. The largest absolute Gasteiger partial charge is 0.497 e. The molecule has 2 fully saturated rings. The van der Waals surface area contributed by atoms with E-state index in [4.69, 9.17) is 9.47 Å². The third-order valence-electron chi connectivity index (χ3n) is 6.55. The molecule has 1 saturated heterocycles. The summed E-state index contributed by atoms with van der Waals surface area (Å²) in [5.41, 5.74) is 0.561. The highest BCUT2D eigenvalue weighted by Crippen LogP contribution is 2.40. The van der Waals surface area contributed by atoms with Crippen molar-refractivity contribution in [1.82, 2.24) is 9.47 Å². The van der Waals surface area contributed by atoms with Crippen molar-refractivity contribution in [3.63, 3.8) is 0 Å². The summed E-state index contributed by atoms with van der Waals surface area (Å²) in [5, 5.41) is -0.0506. The van der Waals surface area contributed by atoms with Gasteiger partial charge in [0, 0.05) is 44.1 Å². The maximum absolute atomic E-state index is 14.4. The van der Waals surface area contributed by atoms with E-state index in [1.54, 1.807) is 16.6 Å². The fourth-order valence-electron chi connectivity index (χ4n) is 4.54. The summed E-state index contributed by atoms with van der Waals surface area (Å²) in [6.45, 7) is 2.09. The van der Waals surface area contributed by atoms with E-state index in [9.17, 15) is 18.4 Å². The number of rotatable bonds is 5. The Morgan fingerprint density at radius 2 is 1.68 bits per heavy atom. The zero-order chi connectivity index (χ0) is 24.0. The molecule has 9 heteroatoms. The van der Waals surface area contributed by atoms with E-state index >= 15 is 0 Å². The topological polar surface area (TPSA) is 64.0 Å². The fraction of sp³-hybridized carbons (Fsp3) is 0.360. The van der Waals surface area contributed by atoms with Crippen LogP contribution in [0.4, 0.5) is 14.5 Å². The molecule has 0 bridgehead atoms. The van der Waals surface area contributed by atoms with Crippen LogP contribution < -0.4 is 19.8 Å². The monoisotopic (exact) mass is 469 g/mol. The smallest absolute Gasteiger partial charge is 0.259 e. The SMILES string of the molecule is COc1ccc(N2CCN(C(=O)c3cn(C4CC4)c4c(OC)c(F)c(F)cc4c3=O)CC2)cc1. The van der Waals surface area contributed by atoms with Crippen molar-refractivity contribution in [2.75, 3.05) is 45.3 Å². The summed E-state index contributed by atoms with van der Waals surface area (Å²) < 4.78 is 40.7. The van der Waals surface area contributed by atoms with Crippen molar-refractivity contribution in [3.8, 4) is 11.5 Å². The Morgan fingerprint density at radius 3 is 2.26 bits per heavy atom. The summed E-state index contributed by atoms with van der Waals surface area (Å²) >= 11 is 0. The van der Waals surface area contributed by atoms with Crippen LogP contribution in [0.15, 0.2) is 41.3 Å². The first kappa shape index (κ1) is 22.2. The highest BCUT2D eigenvalue weighted by molar-refractivity contribution is 5.98. The van der Waals surface area contributed by atoms with Gasteiger partial charge in [0.15, 0.2) is 11.6 Å². The molecular weight excluding hydrogens is 444 g/mol. The maximum Gasteiger partial charge on any atom is 0.259 e. The summed E-state index contributed by atoms with van der Waals surface area (Å²) in [6.07, 6.45) is 3.14. The van der Waals surface area contributed by atoms with Gasteiger partial charge in [-0.1, -0.05) is 0 Å². The normalized spacial score (nSPS) is 16.1. The molecule has 2 heterocycles. The summed E-state index contributed by atoms with van der Waals surface area (Å²) in [4.78, 5) is 30.4. The Labute approximate surface area is 195 Å². The number of ether oxygens (including phenoxy) is 2. The number of nitrogens with zero attached hydrogens (tertiary/aromatic N) is 3. The van der Waals surface area contributed by atoms with Gasteiger partial charge in [0.05, 0.1) is 25.1 Å². The molecule has 1 aliphatic heterocycles. The second kappa shape index (κ2) is 8.62. The van der Waals surface area contributed by atoms with Crippen molar-refractivity contribution in [2.24, 2.45) is 0 Å². The van der Waals surface area contributed by atoms with Crippen LogP contribution in [0.3, 0.4) is 0 Å². The van der Waals surface area contributed by atoms with E-state index in [0.717, 1.165) is 30.3 Å². The maximum atomic E-state index is 14.4. The van der Waals surface area contributed by atoms with Gasteiger partial charge in [-0.05, 0) is 43.2 Å². The highest BCUT2D eigenvalue weighted by atomic mass is 19.2. The lowest BCUT2D eigenvalue weighted by Gasteiger charge is -2.36. The standard InChI is InChI=1S/C25H25F2N3O4/c1-33-17-7-5-15(6-8-17)28-9-11-29(12-10-28)25(32)19-14-30(16-3-4-16)22-18(23(19)31)13-20(26)21(27)24(22)34-2/h5-8,13-14,16H,3-4,9-12H2,1-2H3. The van der Waals surface area contributed by atoms with Crippen molar-refractivity contribution >= 4 is 22.5 Å². The van der Waals surface area contributed by atoms with E-state index in [2.05, 4.69) is 4.90 Å². The van der Waals surface area contributed by atoms with Gasteiger partial charge in [-0.15, -0.1) is 0 Å². The molecule has 0 unspecified atom stereocenters. The second-order valence-electron chi connectivity index (χ2n) is 8.59. The van der Waals surface area contributed by atoms with Crippen molar-refractivity contribution in [1.29, 1.82) is 0 Å². The second-order valence-corrected chi connectivity index (χ2v) is 8.59. The third-order valence-corrected chi connectivity index (χ3v) is 6.55. The lowest BCUT2D eigenvalue weighted by atomic mass is 10.1. The van der Waals surface area contributed by atoms with Crippen molar-refractivity contribution in [3.05, 3.63) is 63.9 Å². The van der Waals surface area contributed by atoms with Gasteiger partial charge in [-0.25, -0.2) is 4.39 Å². The number of methoxy groups -OCH3 is 2. The van der Waals surface area contributed by atoms with E-state index in [1.165, 1.54) is 13.3 Å². The average molecular weight is 469 g/mol. The predicted molar refractivity (Wildman–Crippen MR) is 124 cm³/mol. The summed E-state index contributed by atoms with van der Waals surface area (Å²) in [5.74, 6) is -2.27. The minimum atomic E-state index is -1.18. The Balaban J connectivity index is 1.45. The Morgan fingerprint density at radius 1 is 1.00 bits per heavy atom. The number of aromatic nitrogens is 1. The van der Waals surface area contributed by atoms with Gasteiger partial charge in [0.2, 0.25) is 11.2 Å². The van der Waals surface area contributed by atoms with Crippen LogP contribution in [-0.2, 0) is 0 Å². The first-order valence-corrected chi connectivity index (χ1v) is 11.2. The minimum absolute atomic E-state index is 0.0142. The molecule has 3 aromatic rings. The third kappa shape index (κ3) is 3.74. The average Bonchev–Trinajstić information content (AvgIpc) is 3.71. The highest BCUT2D eigenvalue weighted by Gasteiger charge is 2.32. The molecule has 5 rings (SSSR count). The quantitative estimate of drug-likeness (QED) is 0.572. The van der Waals surface area contributed by atoms with Crippen LogP contribution in [0.1, 0.15) is 29.2 Å². The number of pyridine rings is 1. The number of amides is 1. The van der Waals surface area contributed by atoms with Gasteiger partial charge >= 0.3 is 0 Å². The molecule has 1 aromatic heterocycles. The Hall–Kier alpha value is -3.62. The van der Waals surface area contributed by atoms with E-state index in [1.807, 2.05) is 24.3 Å². The molecule has 2 aromatic carbocycles. The van der Waals surface area contributed by atoms with E-state index in [-0.39, 0.29) is 28.3 Å². The number of fused-ring (bicyclic) bond motifs is 1. The molecule has 0 N–H and O–H groups in total. The first-order valence-electron chi connectivity index (χ1n) is 11.2. The van der Waals surface area contributed by atoms with E-state index < -0.39 is 23.0 Å². The van der Waals surface area contributed by atoms with Crippen molar-refractivity contribution in [2.45, 2.75) is 18.9 Å². The summed E-state index contributed by atoms with van der Waals surface area (Å²) in [6, 6.07) is 8.59. The lowest BCUT2D eigenvalue weighted by molar-refractivity contribution is 0.0745. The molecule has 1 aliphatic carbocycles. The van der Waals surface area contributed by atoms with Crippen LogP contribution in [-0.4, -0.2) is 55.8 Å². The van der Waals surface area contributed by atoms with E-state index in [0.29, 0.717) is 26.2 Å². The summed E-state index contributed by atoms with van der Waals surface area (Å²) in [7, 11) is 2.85. The molecule has 1 amide bonds. The molecule has 178 valence electrons.